The fourth-order valence-electron chi connectivity index (χ4n) is 0.944. The summed E-state index contributed by atoms with van der Waals surface area (Å²) in [7, 11) is -3.26. The van der Waals surface area contributed by atoms with E-state index >= 15 is 0 Å². The fraction of sp³-hybridized carbons (Fsp3) is 0.625. The maximum Gasteiger partial charge on any atom is 0.209 e. The molecule has 1 heterocycles. The van der Waals surface area contributed by atoms with E-state index in [1.54, 1.807) is 19.2 Å². The van der Waals surface area contributed by atoms with E-state index in [1.165, 1.54) is 11.3 Å². The number of thiazole rings is 1. The molecule has 1 unspecified atom stereocenters. The van der Waals surface area contributed by atoms with Crippen LogP contribution in [0.15, 0.2) is 9.72 Å². The van der Waals surface area contributed by atoms with E-state index in [0.717, 1.165) is 5.69 Å². The Kier molecular flexibility index (Phi) is 3.92. The summed E-state index contributed by atoms with van der Waals surface area (Å²) in [5.74, 6) is 0.352. The van der Waals surface area contributed by atoms with Crippen molar-refractivity contribution in [3.63, 3.8) is 0 Å². The summed E-state index contributed by atoms with van der Waals surface area (Å²) < 4.78 is 23.9. The van der Waals surface area contributed by atoms with Crippen LogP contribution in [0.2, 0.25) is 0 Å². The van der Waals surface area contributed by atoms with Gasteiger partial charge in [0, 0.05) is 17.0 Å². The Hall–Kier alpha value is -0.130. The quantitative estimate of drug-likeness (QED) is 0.774. The van der Waals surface area contributed by atoms with Gasteiger partial charge in [0.15, 0.2) is 0 Å². The van der Waals surface area contributed by atoms with Crippen molar-refractivity contribution in [3.8, 4) is 0 Å². The van der Waals surface area contributed by atoms with E-state index in [2.05, 4.69) is 4.98 Å². The van der Waals surface area contributed by atoms with Gasteiger partial charge in [-0.1, -0.05) is 0 Å². The van der Waals surface area contributed by atoms with Gasteiger partial charge in [-0.05, 0) is 20.3 Å². The molecule has 1 rings (SSSR count). The summed E-state index contributed by atoms with van der Waals surface area (Å²) in [6.07, 6.45) is 0.461. The van der Waals surface area contributed by atoms with E-state index in [0.29, 0.717) is 12.3 Å². The third-order valence-corrected chi connectivity index (χ3v) is 5.72. The van der Waals surface area contributed by atoms with Crippen LogP contribution in [0.4, 0.5) is 0 Å². The molecule has 0 saturated carbocycles. The van der Waals surface area contributed by atoms with Crippen molar-refractivity contribution in [2.24, 2.45) is 0 Å². The molecule has 0 bridgehead atoms. The molecule has 0 amide bonds. The van der Waals surface area contributed by atoms with Gasteiger partial charge in [0.1, 0.15) is 0 Å². The molecule has 0 N–H and O–H groups in total. The summed E-state index contributed by atoms with van der Waals surface area (Å²) >= 11 is 6.68. The van der Waals surface area contributed by atoms with Gasteiger partial charge in [-0.15, -0.1) is 22.9 Å². The number of nitrogens with zero attached hydrogens (tertiary/aromatic N) is 1. The van der Waals surface area contributed by atoms with Crippen molar-refractivity contribution in [2.45, 2.75) is 29.9 Å². The molecule has 0 aliphatic carbocycles. The van der Waals surface area contributed by atoms with Crippen molar-refractivity contribution in [3.05, 3.63) is 11.1 Å². The van der Waals surface area contributed by atoms with Crippen molar-refractivity contribution < 1.29 is 8.42 Å². The Morgan fingerprint density at radius 1 is 1.64 bits per heavy atom. The Labute approximate surface area is 93.0 Å². The van der Waals surface area contributed by atoms with Gasteiger partial charge < -0.3 is 0 Å². The summed E-state index contributed by atoms with van der Waals surface area (Å²) in [6, 6.07) is 0. The zero-order chi connectivity index (χ0) is 10.8. The van der Waals surface area contributed by atoms with Gasteiger partial charge in [-0.3, -0.25) is 0 Å². The third-order valence-electron chi connectivity index (χ3n) is 1.89. The van der Waals surface area contributed by atoms with Crippen LogP contribution < -0.4 is 0 Å². The molecule has 0 aliphatic heterocycles. The molecule has 0 aliphatic rings. The molecule has 80 valence electrons. The number of halogens is 1. The summed E-state index contributed by atoms with van der Waals surface area (Å²) in [6.45, 7) is 3.44. The number of aryl methyl sites for hydroxylation is 1. The number of hydrogen-bond acceptors (Lipinski definition) is 4. The molecule has 14 heavy (non-hydrogen) atoms. The van der Waals surface area contributed by atoms with E-state index < -0.39 is 15.1 Å². The second kappa shape index (κ2) is 4.59. The van der Waals surface area contributed by atoms with Gasteiger partial charge in [-0.25, -0.2) is 13.4 Å². The van der Waals surface area contributed by atoms with Gasteiger partial charge >= 0.3 is 0 Å². The highest BCUT2D eigenvalue weighted by molar-refractivity contribution is 7.93. The first kappa shape index (κ1) is 11.9. The van der Waals surface area contributed by atoms with Crippen LogP contribution in [0.3, 0.4) is 0 Å². The Morgan fingerprint density at radius 2 is 2.29 bits per heavy atom. The van der Waals surface area contributed by atoms with E-state index in [-0.39, 0.29) is 4.34 Å². The second-order valence-electron chi connectivity index (χ2n) is 3.09. The maximum atomic E-state index is 11.8. The monoisotopic (exact) mass is 253 g/mol. The van der Waals surface area contributed by atoms with Crippen molar-refractivity contribution >= 4 is 32.8 Å². The van der Waals surface area contributed by atoms with E-state index in [9.17, 15) is 8.42 Å². The van der Waals surface area contributed by atoms with Crippen LogP contribution in [0.25, 0.3) is 0 Å². The second-order valence-corrected chi connectivity index (χ2v) is 6.86. The first-order valence-electron chi connectivity index (χ1n) is 4.20. The highest BCUT2D eigenvalue weighted by atomic mass is 35.5. The molecular weight excluding hydrogens is 242 g/mol. The lowest BCUT2D eigenvalue weighted by atomic mass is 10.4. The minimum absolute atomic E-state index is 0.201. The van der Waals surface area contributed by atoms with Crippen LogP contribution >= 0.6 is 22.9 Å². The van der Waals surface area contributed by atoms with Gasteiger partial charge in [0.2, 0.25) is 14.2 Å². The molecule has 0 spiro atoms. The Morgan fingerprint density at radius 3 is 2.71 bits per heavy atom. The lowest BCUT2D eigenvalue weighted by Gasteiger charge is -2.07. The summed E-state index contributed by atoms with van der Waals surface area (Å²) in [5, 5.41) is 1.28. The Balaban J connectivity index is 2.96. The SMILES string of the molecule is Cc1csc(S(=O)(=O)C(C)CCCl)n1. The zero-order valence-electron chi connectivity index (χ0n) is 8.03. The molecule has 0 saturated heterocycles. The molecule has 1 atom stereocenters. The molecular formula is C8H12ClNO2S2. The largest absolute Gasteiger partial charge is 0.231 e. The highest BCUT2D eigenvalue weighted by Crippen LogP contribution is 2.21. The van der Waals surface area contributed by atoms with Crippen molar-refractivity contribution in [2.75, 3.05) is 5.88 Å². The maximum absolute atomic E-state index is 11.8. The summed E-state index contributed by atoms with van der Waals surface area (Å²) in [5.41, 5.74) is 0.742. The number of aromatic nitrogens is 1. The van der Waals surface area contributed by atoms with Crippen LogP contribution in [-0.2, 0) is 9.84 Å². The van der Waals surface area contributed by atoms with Gasteiger partial charge in [-0.2, -0.15) is 0 Å². The fourth-order valence-corrected chi connectivity index (χ4v) is 4.14. The third kappa shape index (κ3) is 2.46. The van der Waals surface area contributed by atoms with Gasteiger partial charge in [0.25, 0.3) is 0 Å². The topological polar surface area (TPSA) is 47.0 Å². The highest BCUT2D eigenvalue weighted by Gasteiger charge is 2.25. The lowest BCUT2D eigenvalue weighted by molar-refractivity contribution is 0.580. The number of rotatable bonds is 4. The molecule has 6 heteroatoms. The standard InChI is InChI=1S/C8H12ClNO2S2/c1-6-5-13-8(10-6)14(11,12)7(2)3-4-9/h5,7H,3-4H2,1-2H3. The average Bonchev–Trinajstić information content (AvgIpc) is 2.52. The molecule has 0 aromatic carbocycles. The molecule has 1 aromatic rings. The van der Waals surface area contributed by atoms with Crippen LogP contribution in [0, 0.1) is 6.92 Å². The first-order valence-corrected chi connectivity index (χ1v) is 7.16. The lowest BCUT2D eigenvalue weighted by Crippen LogP contribution is -2.18. The summed E-state index contributed by atoms with van der Waals surface area (Å²) in [4.78, 5) is 3.97. The van der Waals surface area contributed by atoms with Crippen molar-refractivity contribution in [1.29, 1.82) is 0 Å². The molecule has 0 fully saturated rings. The van der Waals surface area contributed by atoms with E-state index in [4.69, 9.17) is 11.6 Å². The van der Waals surface area contributed by atoms with Crippen molar-refractivity contribution in [1.82, 2.24) is 4.98 Å². The molecule has 3 nitrogen and oxygen atoms in total. The first-order chi connectivity index (χ1) is 6.48. The number of alkyl halides is 1. The predicted molar refractivity (Wildman–Crippen MR) is 58.8 cm³/mol. The zero-order valence-corrected chi connectivity index (χ0v) is 10.4. The predicted octanol–water partition coefficient (Wildman–Crippen LogP) is 2.24. The number of hydrogen-bond donors (Lipinski definition) is 0. The van der Waals surface area contributed by atoms with Crippen LogP contribution in [0.5, 0.6) is 0 Å². The molecule has 0 radical (unpaired) electrons. The normalized spacial score (nSPS) is 14.2. The number of sulfone groups is 1. The van der Waals surface area contributed by atoms with Crippen LogP contribution in [0.1, 0.15) is 19.0 Å². The Bertz CT molecular complexity index is 399. The van der Waals surface area contributed by atoms with E-state index in [1.807, 2.05) is 0 Å². The minimum Gasteiger partial charge on any atom is -0.231 e. The van der Waals surface area contributed by atoms with Crippen LogP contribution in [-0.4, -0.2) is 24.5 Å². The minimum atomic E-state index is -3.26. The smallest absolute Gasteiger partial charge is 0.209 e. The molecule has 1 aromatic heterocycles. The average molecular weight is 254 g/mol. The van der Waals surface area contributed by atoms with Gasteiger partial charge in [0.05, 0.1) is 5.25 Å².